The number of hydrogen-bond acceptors (Lipinski definition) is 4. The van der Waals surface area contributed by atoms with Crippen LogP contribution in [0.25, 0.3) is 0 Å². The Labute approximate surface area is 177 Å². The van der Waals surface area contributed by atoms with Crippen LogP contribution in [0.5, 0.6) is 11.5 Å². The Hall–Kier alpha value is -1.80. The van der Waals surface area contributed by atoms with Crippen LogP contribution >= 0.6 is 31.9 Å². The predicted octanol–water partition coefficient (Wildman–Crippen LogP) is 5.89. The minimum absolute atomic E-state index is 0.00405. The van der Waals surface area contributed by atoms with E-state index in [1.54, 1.807) is 6.07 Å². The smallest absolute Gasteiger partial charge is 0.169 e. The third-order valence-electron chi connectivity index (χ3n) is 4.21. The van der Waals surface area contributed by atoms with Crippen LogP contribution in [-0.4, -0.2) is 24.8 Å². The van der Waals surface area contributed by atoms with E-state index in [1.165, 1.54) is 18.2 Å². The summed E-state index contributed by atoms with van der Waals surface area (Å²) in [5, 5.41) is 0. The lowest BCUT2D eigenvalue weighted by Gasteiger charge is -2.07. The standard InChI is InChI=1S/2C10H8BrFO2/c11-7-4-6(12)5-9-10(7)8(13)2-1-3-14-9;11-6-4-7(12)10-8(13)2-1-3-14-9(10)5-6/h2*4-5H,1-3H2. The van der Waals surface area contributed by atoms with Crippen molar-refractivity contribution < 1.29 is 27.8 Å². The predicted molar refractivity (Wildman–Crippen MR) is 106 cm³/mol. The first-order valence-electron chi connectivity index (χ1n) is 8.67. The minimum atomic E-state index is -0.513. The molecule has 2 aliphatic rings. The van der Waals surface area contributed by atoms with Gasteiger partial charge in [-0.15, -0.1) is 0 Å². The molecule has 0 bridgehead atoms. The molecule has 4 rings (SSSR count). The largest absolute Gasteiger partial charge is 0.493 e. The van der Waals surface area contributed by atoms with Gasteiger partial charge in [0.05, 0.1) is 24.3 Å². The van der Waals surface area contributed by atoms with Gasteiger partial charge in [0.15, 0.2) is 11.6 Å². The number of rotatable bonds is 0. The van der Waals surface area contributed by atoms with E-state index < -0.39 is 11.6 Å². The maximum Gasteiger partial charge on any atom is 0.169 e. The molecule has 2 aliphatic heterocycles. The third-order valence-corrected chi connectivity index (χ3v) is 5.29. The number of carbonyl (C=O) groups excluding carboxylic acids is 2. The van der Waals surface area contributed by atoms with E-state index in [0.717, 1.165) is 0 Å². The molecule has 0 amide bonds. The van der Waals surface area contributed by atoms with E-state index in [-0.39, 0.29) is 17.1 Å². The first-order chi connectivity index (χ1) is 13.4. The van der Waals surface area contributed by atoms with Crippen LogP contribution in [0.4, 0.5) is 8.78 Å². The highest BCUT2D eigenvalue weighted by Gasteiger charge is 2.22. The van der Waals surface area contributed by atoms with Gasteiger partial charge < -0.3 is 9.47 Å². The van der Waals surface area contributed by atoms with Crippen LogP contribution in [0.15, 0.2) is 33.2 Å². The van der Waals surface area contributed by atoms with E-state index in [0.29, 0.717) is 64.9 Å². The molecule has 0 spiro atoms. The lowest BCUT2D eigenvalue weighted by atomic mass is 10.1. The Balaban J connectivity index is 0.000000161. The van der Waals surface area contributed by atoms with Gasteiger partial charge in [0.25, 0.3) is 0 Å². The molecule has 0 aliphatic carbocycles. The van der Waals surface area contributed by atoms with Crippen LogP contribution in [0.3, 0.4) is 0 Å². The van der Waals surface area contributed by atoms with Crippen LogP contribution in [0.1, 0.15) is 46.4 Å². The maximum absolute atomic E-state index is 13.4. The summed E-state index contributed by atoms with van der Waals surface area (Å²) in [6, 6.07) is 5.45. The number of benzene rings is 2. The number of hydrogen-bond donors (Lipinski definition) is 0. The Morgan fingerprint density at radius 3 is 2.00 bits per heavy atom. The fourth-order valence-electron chi connectivity index (χ4n) is 2.95. The van der Waals surface area contributed by atoms with Crippen molar-refractivity contribution in [2.75, 3.05) is 13.2 Å². The zero-order valence-electron chi connectivity index (χ0n) is 14.7. The van der Waals surface area contributed by atoms with Gasteiger partial charge in [0.1, 0.15) is 23.1 Å². The molecular formula is C20H16Br2F2O4. The molecular weight excluding hydrogens is 502 g/mol. The third kappa shape index (κ3) is 4.78. The molecule has 0 unspecified atom stereocenters. The Morgan fingerprint density at radius 1 is 0.786 bits per heavy atom. The highest BCUT2D eigenvalue weighted by Crippen LogP contribution is 2.32. The molecule has 0 saturated heterocycles. The molecule has 28 heavy (non-hydrogen) atoms. The van der Waals surface area contributed by atoms with Gasteiger partial charge in [0, 0.05) is 27.9 Å². The minimum Gasteiger partial charge on any atom is -0.493 e. The van der Waals surface area contributed by atoms with Gasteiger partial charge in [-0.05, 0) is 47.0 Å². The summed E-state index contributed by atoms with van der Waals surface area (Å²) < 4.78 is 38.1. The van der Waals surface area contributed by atoms with Crippen LogP contribution in [0, 0.1) is 11.6 Å². The van der Waals surface area contributed by atoms with Crippen molar-refractivity contribution in [2.24, 2.45) is 0 Å². The number of halogens is 4. The Morgan fingerprint density at radius 2 is 1.36 bits per heavy atom. The van der Waals surface area contributed by atoms with Gasteiger partial charge in [-0.25, -0.2) is 8.78 Å². The van der Waals surface area contributed by atoms with Crippen molar-refractivity contribution in [3.8, 4) is 11.5 Å². The summed E-state index contributed by atoms with van der Waals surface area (Å²) in [5.74, 6) is -0.391. The quantitative estimate of drug-likeness (QED) is 0.437. The highest BCUT2D eigenvalue weighted by atomic mass is 79.9. The molecule has 0 radical (unpaired) electrons. The van der Waals surface area contributed by atoms with Crippen LogP contribution in [-0.2, 0) is 0 Å². The zero-order chi connectivity index (χ0) is 20.3. The molecule has 2 aromatic rings. The number of ether oxygens (including phenoxy) is 2. The summed E-state index contributed by atoms with van der Waals surface area (Å²) >= 11 is 6.32. The normalized spacial score (nSPS) is 15.7. The van der Waals surface area contributed by atoms with Crippen molar-refractivity contribution in [3.63, 3.8) is 0 Å². The van der Waals surface area contributed by atoms with Crippen LogP contribution < -0.4 is 9.47 Å². The lowest BCUT2D eigenvalue weighted by Crippen LogP contribution is -2.01. The second kappa shape index (κ2) is 9.13. The first kappa shape index (κ1) is 20.9. The zero-order valence-corrected chi connectivity index (χ0v) is 17.9. The summed E-state index contributed by atoms with van der Waals surface area (Å²) in [6.07, 6.45) is 2.13. The number of Topliss-reactive ketones (excluding diaryl/α,β-unsaturated/α-hetero) is 2. The molecule has 8 heteroatoms. The average molecular weight is 518 g/mol. The summed E-state index contributed by atoms with van der Waals surface area (Å²) in [5.41, 5.74) is 0.551. The fraction of sp³-hybridized carbons (Fsp3) is 0.300. The number of carbonyl (C=O) groups is 2. The first-order valence-corrected chi connectivity index (χ1v) is 10.3. The molecule has 0 saturated carbocycles. The van der Waals surface area contributed by atoms with Gasteiger partial charge in [-0.1, -0.05) is 15.9 Å². The molecule has 4 nitrogen and oxygen atoms in total. The van der Waals surface area contributed by atoms with E-state index in [9.17, 15) is 18.4 Å². The average Bonchev–Trinajstić information content (AvgIpc) is 2.91. The second-order valence-corrected chi connectivity index (χ2v) is 8.04. The molecule has 0 N–H and O–H groups in total. The monoisotopic (exact) mass is 516 g/mol. The van der Waals surface area contributed by atoms with Crippen molar-refractivity contribution in [1.29, 1.82) is 0 Å². The molecule has 0 fully saturated rings. The van der Waals surface area contributed by atoms with E-state index in [1.807, 2.05) is 0 Å². The SMILES string of the molecule is O=C1CCCOc2cc(Br)cc(F)c21.O=C1CCCOc2cc(F)cc(Br)c21. The fourth-order valence-corrected chi connectivity index (χ4v) is 3.99. The lowest BCUT2D eigenvalue weighted by molar-refractivity contribution is 0.0972. The van der Waals surface area contributed by atoms with Gasteiger partial charge >= 0.3 is 0 Å². The second-order valence-electron chi connectivity index (χ2n) is 6.27. The van der Waals surface area contributed by atoms with E-state index in [2.05, 4.69) is 31.9 Å². The number of ketones is 2. The molecule has 2 aromatic carbocycles. The summed E-state index contributed by atoms with van der Waals surface area (Å²) in [4.78, 5) is 23.1. The van der Waals surface area contributed by atoms with Gasteiger partial charge in [-0.2, -0.15) is 0 Å². The molecule has 0 atom stereocenters. The van der Waals surface area contributed by atoms with E-state index >= 15 is 0 Å². The molecule has 0 aromatic heterocycles. The van der Waals surface area contributed by atoms with Crippen LogP contribution in [0.2, 0.25) is 0 Å². The van der Waals surface area contributed by atoms with Gasteiger partial charge in [-0.3, -0.25) is 9.59 Å². The molecule has 2 heterocycles. The van der Waals surface area contributed by atoms with Crippen molar-refractivity contribution in [1.82, 2.24) is 0 Å². The Kier molecular flexibility index (Phi) is 6.82. The maximum atomic E-state index is 13.4. The number of fused-ring (bicyclic) bond motifs is 2. The van der Waals surface area contributed by atoms with E-state index in [4.69, 9.17) is 9.47 Å². The van der Waals surface area contributed by atoms with Gasteiger partial charge in [0.2, 0.25) is 0 Å². The van der Waals surface area contributed by atoms with Crippen molar-refractivity contribution >= 4 is 43.4 Å². The molecule has 148 valence electrons. The van der Waals surface area contributed by atoms with Crippen molar-refractivity contribution in [3.05, 3.63) is 56.0 Å². The highest BCUT2D eigenvalue weighted by molar-refractivity contribution is 9.10. The summed E-state index contributed by atoms with van der Waals surface area (Å²) in [7, 11) is 0. The topological polar surface area (TPSA) is 52.6 Å². The Bertz CT molecular complexity index is 855. The summed E-state index contributed by atoms with van der Waals surface area (Å²) in [6.45, 7) is 0.934. The van der Waals surface area contributed by atoms with Crippen molar-refractivity contribution in [2.45, 2.75) is 25.7 Å².